The van der Waals surface area contributed by atoms with E-state index in [2.05, 4.69) is 5.32 Å². The maximum atomic E-state index is 13.1. The molecule has 0 fully saturated rings. The van der Waals surface area contributed by atoms with E-state index in [4.69, 9.17) is 11.5 Å². The molecule has 0 unspecified atom stereocenters. The van der Waals surface area contributed by atoms with E-state index in [1.165, 1.54) is 12.1 Å². The van der Waals surface area contributed by atoms with Gasteiger partial charge >= 0.3 is 0 Å². The fourth-order valence-corrected chi connectivity index (χ4v) is 1.24. The molecular weight excluding hydrogens is 209 g/mol. The van der Waals surface area contributed by atoms with Gasteiger partial charge in [0.1, 0.15) is 5.82 Å². The van der Waals surface area contributed by atoms with Gasteiger partial charge in [0.25, 0.3) is 5.91 Å². The lowest BCUT2D eigenvalue weighted by Gasteiger charge is -2.05. The first-order chi connectivity index (χ1) is 7.65. The minimum Gasteiger partial charge on any atom is -0.396 e. The van der Waals surface area contributed by atoms with Gasteiger partial charge in [-0.2, -0.15) is 0 Å². The summed E-state index contributed by atoms with van der Waals surface area (Å²) in [6.07, 6.45) is 1.68. The Morgan fingerprint density at radius 1 is 1.38 bits per heavy atom. The number of carbonyl (C=O) groups is 1. The summed E-state index contributed by atoms with van der Waals surface area (Å²) in [7, 11) is 0. The Bertz CT molecular complexity index is 368. The Balaban J connectivity index is 2.50. The van der Waals surface area contributed by atoms with E-state index >= 15 is 0 Å². The number of carbonyl (C=O) groups excluding carboxylic acids is 1. The summed E-state index contributed by atoms with van der Waals surface area (Å²) in [4.78, 5) is 11.5. The lowest BCUT2D eigenvalue weighted by atomic mass is 10.2. The van der Waals surface area contributed by atoms with Crippen LogP contribution in [-0.2, 0) is 0 Å². The maximum Gasteiger partial charge on any atom is 0.251 e. The van der Waals surface area contributed by atoms with E-state index in [0.29, 0.717) is 13.1 Å². The molecular formula is C11H16FN3O. The number of halogens is 1. The van der Waals surface area contributed by atoms with Gasteiger partial charge in [-0.05, 0) is 37.6 Å². The van der Waals surface area contributed by atoms with Crippen molar-refractivity contribution in [2.24, 2.45) is 5.73 Å². The van der Waals surface area contributed by atoms with Gasteiger partial charge in [-0.25, -0.2) is 4.39 Å². The van der Waals surface area contributed by atoms with Crippen molar-refractivity contribution in [3.05, 3.63) is 29.6 Å². The molecule has 1 aromatic carbocycles. The number of nitrogen functional groups attached to an aromatic ring is 1. The molecule has 0 saturated carbocycles. The van der Waals surface area contributed by atoms with Gasteiger partial charge in [-0.3, -0.25) is 4.79 Å². The zero-order valence-corrected chi connectivity index (χ0v) is 9.00. The molecule has 1 aromatic rings. The van der Waals surface area contributed by atoms with Gasteiger partial charge < -0.3 is 16.8 Å². The average Bonchev–Trinajstić information content (AvgIpc) is 2.28. The predicted molar refractivity (Wildman–Crippen MR) is 61.4 cm³/mol. The fraction of sp³-hybridized carbons (Fsp3) is 0.364. The first-order valence-electron chi connectivity index (χ1n) is 5.18. The third-order valence-corrected chi connectivity index (χ3v) is 2.18. The lowest BCUT2D eigenvalue weighted by Crippen LogP contribution is -2.25. The van der Waals surface area contributed by atoms with Crippen LogP contribution in [0.15, 0.2) is 18.2 Å². The maximum absolute atomic E-state index is 13.1. The summed E-state index contributed by atoms with van der Waals surface area (Å²) in [6, 6.07) is 4.01. The Morgan fingerprint density at radius 2 is 2.12 bits per heavy atom. The molecule has 0 bridgehead atoms. The summed E-state index contributed by atoms with van der Waals surface area (Å²) in [5.74, 6) is -0.870. The second-order valence-corrected chi connectivity index (χ2v) is 3.49. The lowest BCUT2D eigenvalue weighted by molar-refractivity contribution is 0.0952. The van der Waals surface area contributed by atoms with Crippen LogP contribution in [0.25, 0.3) is 0 Å². The predicted octanol–water partition coefficient (Wildman–Crippen LogP) is 0.877. The number of benzene rings is 1. The van der Waals surface area contributed by atoms with Crippen molar-refractivity contribution in [2.45, 2.75) is 12.8 Å². The molecule has 4 nitrogen and oxygen atoms in total. The molecule has 0 spiro atoms. The SMILES string of the molecule is NCCCCNC(=O)c1ccc(N)c(F)c1. The molecule has 5 heteroatoms. The van der Waals surface area contributed by atoms with Crippen molar-refractivity contribution < 1.29 is 9.18 Å². The summed E-state index contributed by atoms with van der Waals surface area (Å²) in [5.41, 5.74) is 10.9. The normalized spacial score (nSPS) is 10.1. The highest BCUT2D eigenvalue weighted by atomic mass is 19.1. The minimum atomic E-state index is -0.574. The first kappa shape index (κ1) is 12.4. The molecule has 0 aliphatic heterocycles. The average molecular weight is 225 g/mol. The molecule has 0 aromatic heterocycles. The molecule has 0 aliphatic carbocycles. The minimum absolute atomic E-state index is 0.0414. The standard InChI is InChI=1S/C11H16FN3O/c12-9-7-8(3-4-10(9)14)11(16)15-6-2-1-5-13/h3-4,7H,1-2,5-6,13-14H2,(H,15,16). The first-order valence-corrected chi connectivity index (χ1v) is 5.18. The Kier molecular flexibility index (Phi) is 4.72. The second kappa shape index (κ2) is 6.07. The summed E-state index contributed by atoms with van der Waals surface area (Å²) in [5, 5.41) is 2.68. The van der Waals surface area contributed by atoms with Crippen LogP contribution in [0.3, 0.4) is 0 Å². The summed E-state index contributed by atoms with van der Waals surface area (Å²) < 4.78 is 13.1. The zero-order valence-electron chi connectivity index (χ0n) is 9.00. The highest BCUT2D eigenvalue weighted by molar-refractivity contribution is 5.94. The number of nitrogens with one attached hydrogen (secondary N) is 1. The number of hydrogen-bond donors (Lipinski definition) is 3. The number of hydrogen-bond acceptors (Lipinski definition) is 3. The molecule has 5 N–H and O–H groups in total. The van der Waals surface area contributed by atoms with Crippen LogP contribution in [0.1, 0.15) is 23.2 Å². The monoisotopic (exact) mass is 225 g/mol. The molecule has 16 heavy (non-hydrogen) atoms. The number of rotatable bonds is 5. The zero-order chi connectivity index (χ0) is 12.0. The molecule has 0 radical (unpaired) electrons. The Morgan fingerprint density at radius 3 is 2.75 bits per heavy atom. The van der Waals surface area contributed by atoms with Crippen LogP contribution in [0, 0.1) is 5.82 Å². The van der Waals surface area contributed by atoms with Gasteiger partial charge in [-0.15, -0.1) is 0 Å². The van der Waals surface area contributed by atoms with Crippen LogP contribution in [0.2, 0.25) is 0 Å². The van der Waals surface area contributed by atoms with Crippen molar-refractivity contribution in [1.29, 1.82) is 0 Å². The van der Waals surface area contributed by atoms with Gasteiger partial charge in [0, 0.05) is 12.1 Å². The van der Waals surface area contributed by atoms with E-state index < -0.39 is 5.82 Å². The molecule has 0 atom stereocenters. The van der Waals surface area contributed by atoms with Gasteiger partial charge in [-0.1, -0.05) is 0 Å². The van der Waals surface area contributed by atoms with E-state index in [9.17, 15) is 9.18 Å². The van der Waals surface area contributed by atoms with E-state index in [1.807, 2.05) is 0 Å². The van der Waals surface area contributed by atoms with E-state index in [-0.39, 0.29) is 17.2 Å². The molecule has 0 saturated heterocycles. The third-order valence-electron chi connectivity index (χ3n) is 2.18. The van der Waals surface area contributed by atoms with Crippen LogP contribution in [0.5, 0.6) is 0 Å². The molecule has 1 amide bonds. The van der Waals surface area contributed by atoms with Crippen molar-refractivity contribution in [3.8, 4) is 0 Å². The smallest absolute Gasteiger partial charge is 0.251 e. The largest absolute Gasteiger partial charge is 0.396 e. The third kappa shape index (κ3) is 3.51. The number of nitrogens with two attached hydrogens (primary N) is 2. The second-order valence-electron chi connectivity index (χ2n) is 3.49. The van der Waals surface area contributed by atoms with E-state index in [1.54, 1.807) is 0 Å². The van der Waals surface area contributed by atoms with Gasteiger partial charge in [0.15, 0.2) is 0 Å². The quantitative estimate of drug-likeness (QED) is 0.514. The molecule has 88 valence electrons. The van der Waals surface area contributed by atoms with Crippen LogP contribution in [0.4, 0.5) is 10.1 Å². The van der Waals surface area contributed by atoms with Crippen molar-refractivity contribution >= 4 is 11.6 Å². The highest BCUT2D eigenvalue weighted by Crippen LogP contribution is 2.11. The summed E-state index contributed by atoms with van der Waals surface area (Å²) >= 11 is 0. The van der Waals surface area contributed by atoms with Crippen LogP contribution >= 0.6 is 0 Å². The number of amides is 1. The van der Waals surface area contributed by atoms with Crippen molar-refractivity contribution in [2.75, 3.05) is 18.8 Å². The van der Waals surface area contributed by atoms with Gasteiger partial charge in [0.05, 0.1) is 5.69 Å². The Labute approximate surface area is 93.8 Å². The van der Waals surface area contributed by atoms with Gasteiger partial charge in [0.2, 0.25) is 0 Å². The number of anilines is 1. The van der Waals surface area contributed by atoms with Crippen LogP contribution < -0.4 is 16.8 Å². The fourth-order valence-electron chi connectivity index (χ4n) is 1.24. The molecule has 1 rings (SSSR count). The molecule has 0 heterocycles. The van der Waals surface area contributed by atoms with Crippen molar-refractivity contribution in [3.63, 3.8) is 0 Å². The van der Waals surface area contributed by atoms with E-state index in [0.717, 1.165) is 18.9 Å². The van der Waals surface area contributed by atoms with Crippen molar-refractivity contribution in [1.82, 2.24) is 5.32 Å². The molecule has 0 aliphatic rings. The number of unbranched alkanes of at least 4 members (excludes halogenated alkanes) is 1. The highest BCUT2D eigenvalue weighted by Gasteiger charge is 2.07. The summed E-state index contributed by atoms with van der Waals surface area (Å²) in [6.45, 7) is 1.15. The topological polar surface area (TPSA) is 81.1 Å². The van der Waals surface area contributed by atoms with Crippen LogP contribution in [-0.4, -0.2) is 19.0 Å². The Hall–Kier alpha value is -1.62.